The average molecular weight is 298 g/mol. The average Bonchev–Trinajstić information content (AvgIpc) is 3.07. The van der Waals surface area contributed by atoms with Gasteiger partial charge in [-0.05, 0) is 38.1 Å². The molecular formula is C16H14N2O2S. The van der Waals surface area contributed by atoms with E-state index in [0.29, 0.717) is 16.5 Å². The van der Waals surface area contributed by atoms with Crippen LogP contribution < -0.4 is 5.32 Å². The fourth-order valence-corrected chi connectivity index (χ4v) is 2.67. The monoisotopic (exact) mass is 298 g/mol. The van der Waals surface area contributed by atoms with E-state index in [1.165, 1.54) is 11.3 Å². The summed E-state index contributed by atoms with van der Waals surface area (Å²) in [5, 5.41) is 5.24. The van der Waals surface area contributed by atoms with Gasteiger partial charge in [0.2, 0.25) is 0 Å². The van der Waals surface area contributed by atoms with Gasteiger partial charge in [0.15, 0.2) is 10.9 Å². The maximum atomic E-state index is 12.1. The maximum absolute atomic E-state index is 12.1. The minimum atomic E-state index is -0.157. The van der Waals surface area contributed by atoms with Gasteiger partial charge in [-0.1, -0.05) is 17.7 Å². The highest BCUT2D eigenvalue weighted by Crippen LogP contribution is 2.26. The molecule has 3 aromatic rings. The number of carbonyl (C=O) groups excluding carboxylic acids is 1. The summed E-state index contributed by atoms with van der Waals surface area (Å²) in [6, 6.07) is 11.2. The van der Waals surface area contributed by atoms with Crippen molar-refractivity contribution in [1.82, 2.24) is 4.98 Å². The van der Waals surface area contributed by atoms with E-state index in [9.17, 15) is 4.79 Å². The van der Waals surface area contributed by atoms with E-state index in [2.05, 4.69) is 10.3 Å². The zero-order valence-corrected chi connectivity index (χ0v) is 12.5. The molecule has 0 spiro atoms. The molecule has 0 saturated carbocycles. The van der Waals surface area contributed by atoms with Gasteiger partial charge in [-0.2, -0.15) is 0 Å². The molecule has 3 rings (SSSR count). The summed E-state index contributed by atoms with van der Waals surface area (Å²) in [5.41, 5.74) is 2.40. The van der Waals surface area contributed by atoms with Crippen LogP contribution in [0.5, 0.6) is 0 Å². The van der Waals surface area contributed by atoms with E-state index >= 15 is 0 Å². The lowest BCUT2D eigenvalue weighted by Gasteiger charge is -2.02. The van der Waals surface area contributed by atoms with Gasteiger partial charge in [0.25, 0.3) is 5.91 Å². The second-order valence-corrected chi connectivity index (χ2v) is 5.63. The first-order valence-electron chi connectivity index (χ1n) is 6.52. The van der Waals surface area contributed by atoms with Crippen molar-refractivity contribution in [2.45, 2.75) is 13.8 Å². The number of aromatic nitrogens is 1. The van der Waals surface area contributed by atoms with Crippen LogP contribution in [0.25, 0.3) is 11.5 Å². The molecule has 1 N–H and O–H groups in total. The Labute approximate surface area is 126 Å². The Bertz CT molecular complexity index is 789. The van der Waals surface area contributed by atoms with Crippen molar-refractivity contribution in [3.63, 3.8) is 0 Å². The Kier molecular flexibility index (Phi) is 3.58. The first-order chi connectivity index (χ1) is 10.1. The van der Waals surface area contributed by atoms with Gasteiger partial charge >= 0.3 is 0 Å². The lowest BCUT2D eigenvalue weighted by molar-refractivity contribution is 0.102. The Balaban J connectivity index is 1.77. The summed E-state index contributed by atoms with van der Waals surface area (Å²) in [6.45, 7) is 3.84. The second kappa shape index (κ2) is 5.54. The van der Waals surface area contributed by atoms with E-state index in [1.807, 2.05) is 49.6 Å². The van der Waals surface area contributed by atoms with Crippen LogP contribution in [-0.4, -0.2) is 10.9 Å². The molecule has 21 heavy (non-hydrogen) atoms. The second-order valence-electron chi connectivity index (χ2n) is 4.77. The van der Waals surface area contributed by atoms with Crippen LogP contribution in [0.1, 0.15) is 21.7 Å². The van der Waals surface area contributed by atoms with Crippen molar-refractivity contribution in [3.8, 4) is 11.5 Å². The molecule has 1 aromatic carbocycles. The molecule has 0 unspecified atom stereocenters. The van der Waals surface area contributed by atoms with Crippen LogP contribution in [-0.2, 0) is 0 Å². The minimum absolute atomic E-state index is 0.157. The van der Waals surface area contributed by atoms with Crippen molar-refractivity contribution in [2.24, 2.45) is 0 Å². The Morgan fingerprint density at radius 1 is 1.24 bits per heavy atom. The van der Waals surface area contributed by atoms with Crippen LogP contribution in [0.2, 0.25) is 0 Å². The number of nitrogens with one attached hydrogen (secondary N) is 1. The standard InChI is InChI=1S/C16H14N2O2S/c1-10-4-3-5-12(8-10)15(19)18-16-17-13(9-21-16)14-7-6-11(2)20-14/h3-9H,1-2H3,(H,17,18,19). The Morgan fingerprint density at radius 3 is 2.81 bits per heavy atom. The third-order valence-electron chi connectivity index (χ3n) is 3.00. The fraction of sp³-hybridized carbons (Fsp3) is 0.125. The lowest BCUT2D eigenvalue weighted by atomic mass is 10.1. The molecule has 2 heterocycles. The molecule has 1 amide bonds. The van der Waals surface area contributed by atoms with Crippen molar-refractivity contribution in [2.75, 3.05) is 5.32 Å². The summed E-state index contributed by atoms with van der Waals surface area (Å²) in [7, 11) is 0. The molecular weight excluding hydrogens is 284 g/mol. The zero-order chi connectivity index (χ0) is 14.8. The van der Waals surface area contributed by atoms with Gasteiger partial charge in [-0.25, -0.2) is 4.98 Å². The summed E-state index contributed by atoms with van der Waals surface area (Å²) >= 11 is 1.38. The van der Waals surface area contributed by atoms with Gasteiger partial charge < -0.3 is 4.42 Å². The normalized spacial score (nSPS) is 10.6. The number of anilines is 1. The highest BCUT2D eigenvalue weighted by molar-refractivity contribution is 7.14. The molecule has 0 bridgehead atoms. The maximum Gasteiger partial charge on any atom is 0.257 e. The molecule has 0 saturated heterocycles. The van der Waals surface area contributed by atoms with E-state index in [-0.39, 0.29) is 5.91 Å². The molecule has 0 radical (unpaired) electrons. The van der Waals surface area contributed by atoms with Crippen molar-refractivity contribution >= 4 is 22.4 Å². The van der Waals surface area contributed by atoms with Gasteiger partial charge in [0.1, 0.15) is 11.5 Å². The quantitative estimate of drug-likeness (QED) is 0.785. The molecule has 4 nitrogen and oxygen atoms in total. The summed E-state index contributed by atoms with van der Waals surface area (Å²) in [4.78, 5) is 16.5. The topological polar surface area (TPSA) is 55.1 Å². The highest BCUT2D eigenvalue weighted by atomic mass is 32.1. The molecule has 5 heteroatoms. The van der Waals surface area contributed by atoms with E-state index in [0.717, 1.165) is 17.0 Å². The molecule has 0 aliphatic rings. The molecule has 106 valence electrons. The van der Waals surface area contributed by atoms with Gasteiger partial charge in [0, 0.05) is 10.9 Å². The Morgan fingerprint density at radius 2 is 2.10 bits per heavy atom. The van der Waals surface area contributed by atoms with E-state index in [1.54, 1.807) is 6.07 Å². The van der Waals surface area contributed by atoms with Crippen molar-refractivity contribution < 1.29 is 9.21 Å². The molecule has 0 atom stereocenters. The van der Waals surface area contributed by atoms with Crippen LogP contribution in [0.15, 0.2) is 46.2 Å². The number of thiazole rings is 1. The SMILES string of the molecule is Cc1cccc(C(=O)Nc2nc(-c3ccc(C)o3)cs2)c1. The largest absolute Gasteiger partial charge is 0.460 e. The first kappa shape index (κ1) is 13.6. The number of furan rings is 1. The van der Waals surface area contributed by atoms with E-state index < -0.39 is 0 Å². The highest BCUT2D eigenvalue weighted by Gasteiger charge is 2.11. The summed E-state index contributed by atoms with van der Waals surface area (Å²) in [5.74, 6) is 1.39. The molecule has 2 aromatic heterocycles. The summed E-state index contributed by atoms with van der Waals surface area (Å²) in [6.07, 6.45) is 0. The number of nitrogens with zero attached hydrogens (tertiary/aromatic N) is 1. The molecule has 0 fully saturated rings. The fourth-order valence-electron chi connectivity index (χ4n) is 1.97. The van der Waals surface area contributed by atoms with Crippen LogP contribution >= 0.6 is 11.3 Å². The third-order valence-corrected chi connectivity index (χ3v) is 3.76. The third kappa shape index (κ3) is 3.03. The molecule has 0 aliphatic carbocycles. The van der Waals surface area contributed by atoms with Gasteiger partial charge in [-0.15, -0.1) is 11.3 Å². The smallest absolute Gasteiger partial charge is 0.257 e. The number of benzene rings is 1. The van der Waals surface area contributed by atoms with E-state index in [4.69, 9.17) is 4.42 Å². The van der Waals surface area contributed by atoms with Crippen LogP contribution in [0.4, 0.5) is 5.13 Å². The Hall–Kier alpha value is -2.40. The minimum Gasteiger partial charge on any atom is -0.460 e. The number of hydrogen-bond donors (Lipinski definition) is 1. The molecule has 0 aliphatic heterocycles. The number of rotatable bonds is 3. The van der Waals surface area contributed by atoms with Crippen molar-refractivity contribution in [3.05, 3.63) is 58.7 Å². The van der Waals surface area contributed by atoms with Gasteiger partial charge in [0.05, 0.1) is 0 Å². The van der Waals surface area contributed by atoms with Crippen LogP contribution in [0, 0.1) is 13.8 Å². The predicted octanol–water partition coefficient (Wildman–Crippen LogP) is 4.27. The zero-order valence-electron chi connectivity index (χ0n) is 11.7. The number of carbonyl (C=O) groups is 1. The lowest BCUT2D eigenvalue weighted by Crippen LogP contribution is -2.11. The summed E-state index contributed by atoms with van der Waals surface area (Å²) < 4.78 is 5.52. The number of aryl methyl sites for hydroxylation is 2. The predicted molar refractivity (Wildman–Crippen MR) is 83.7 cm³/mol. The van der Waals surface area contributed by atoms with Crippen molar-refractivity contribution in [1.29, 1.82) is 0 Å². The number of amides is 1. The van der Waals surface area contributed by atoms with Gasteiger partial charge in [-0.3, -0.25) is 10.1 Å². The number of hydrogen-bond acceptors (Lipinski definition) is 4. The first-order valence-corrected chi connectivity index (χ1v) is 7.40. The van der Waals surface area contributed by atoms with Crippen LogP contribution in [0.3, 0.4) is 0 Å².